The Labute approximate surface area is 169 Å². The molecular weight excluding hydrogens is 368 g/mol. The highest BCUT2D eigenvalue weighted by Crippen LogP contribution is 2.14. The predicted octanol–water partition coefficient (Wildman–Crippen LogP) is 1.30. The zero-order chi connectivity index (χ0) is 20.4. The van der Waals surface area contributed by atoms with Crippen LogP contribution in [0.25, 0.3) is 11.0 Å². The molecule has 2 N–H and O–H groups in total. The number of piperazine rings is 1. The van der Waals surface area contributed by atoms with E-state index in [1.54, 1.807) is 24.0 Å². The zero-order valence-corrected chi connectivity index (χ0v) is 16.8. The summed E-state index contributed by atoms with van der Waals surface area (Å²) >= 11 is 0. The van der Waals surface area contributed by atoms with Crippen LogP contribution in [-0.4, -0.2) is 70.2 Å². The van der Waals surface area contributed by atoms with Crippen molar-refractivity contribution in [1.82, 2.24) is 24.6 Å². The SMILES string of the molecule is CN1CCN(CCc2ccc(NC(=O)c3cc4c(cnn4C)[nH]c3=O)cc2)CC1. The Morgan fingerprint density at radius 1 is 1.14 bits per heavy atom. The number of pyridine rings is 1. The maximum Gasteiger partial charge on any atom is 0.261 e. The number of benzene rings is 1. The molecule has 1 aromatic carbocycles. The normalized spacial score (nSPS) is 15.7. The van der Waals surface area contributed by atoms with Gasteiger partial charge in [-0.05, 0) is 37.2 Å². The second-order valence-corrected chi connectivity index (χ2v) is 7.63. The molecule has 0 bridgehead atoms. The summed E-state index contributed by atoms with van der Waals surface area (Å²) in [6, 6.07) is 9.39. The lowest BCUT2D eigenvalue weighted by atomic mass is 10.1. The van der Waals surface area contributed by atoms with E-state index in [4.69, 9.17) is 0 Å². The number of amides is 1. The first-order chi connectivity index (χ1) is 14.0. The molecule has 0 radical (unpaired) electrons. The number of nitrogens with one attached hydrogen (secondary N) is 2. The van der Waals surface area contributed by atoms with Crippen molar-refractivity contribution >= 4 is 22.6 Å². The fourth-order valence-corrected chi connectivity index (χ4v) is 3.59. The minimum atomic E-state index is -0.431. The van der Waals surface area contributed by atoms with E-state index >= 15 is 0 Å². The van der Waals surface area contributed by atoms with Crippen molar-refractivity contribution in [2.45, 2.75) is 6.42 Å². The summed E-state index contributed by atoms with van der Waals surface area (Å²) < 4.78 is 1.62. The number of carbonyl (C=O) groups is 1. The van der Waals surface area contributed by atoms with Gasteiger partial charge < -0.3 is 20.1 Å². The number of anilines is 1. The van der Waals surface area contributed by atoms with Gasteiger partial charge in [-0.1, -0.05) is 12.1 Å². The van der Waals surface area contributed by atoms with Gasteiger partial charge in [-0.3, -0.25) is 14.3 Å². The Morgan fingerprint density at radius 2 is 1.86 bits per heavy atom. The summed E-state index contributed by atoms with van der Waals surface area (Å²) in [4.78, 5) is 32.3. The third-order valence-corrected chi connectivity index (χ3v) is 5.53. The number of rotatable bonds is 5. The monoisotopic (exact) mass is 394 g/mol. The van der Waals surface area contributed by atoms with Crippen molar-refractivity contribution in [3.8, 4) is 0 Å². The number of H-pyrrole nitrogens is 1. The largest absolute Gasteiger partial charge is 0.322 e. The average molecular weight is 394 g/mol. The van der Waals surface area contributed by atoms with Crippen LogP contribution in [0.15, 0.2) is 41.3 Å². The maximum absolute atomic E-state index is 12.6. The molecule has 0 atom stereocenters. The van der Waals surface area contributed by atoms with Gasteiger partial charge in [0, 0.05) is 45.5 Å². The average Bonchev–Trinajstić information content (AvgIpc) is 3.07. The molecule has 4 rings (SSSR count). The summed E-state index contributed by atoms with van der Waals surface area (Å²) in [5, 5.41) is 6.90. The Morgan fingerprint density at radius 3 is 2.59 bits per heavy atom. The van der Waals surface area contributed by atoms with Crippen LogP contribution in [0, 0.1) is 0 Å². The number of aromatic amines is 1. The molecule has 1 saturated heterocycles. The third kappa shape index (κ3) is 4.38. The Kier molecular flexibility index (Phi) is 5.46. The summed E-state index contributed by atoms with van der Waals surface area (Å²) in [5.41, 5.74) is 2.86. The number of aromatic nitrogens is 3. The topological polar surface area (TPSA) is 86.3 Å². The van der Waals surface area contributed by atoms with E-state index in [0.717, 1.165) is 39.1 Å². The molecule has 1 amide bonds. The molecule has 1 aliphatic rings. The highest BCUT2D eigenvalue weighted by atomic mass is 16.2. The molecule has 1 fully saturated rings. The van der Waals surface area contributed by atoms with E-state index in [2.05, 4.69) is 32.2 Å². The second kappa shape index (κ2) is 8.18. The summed E-state index contributed by atoms with van der Waals surface area (Å²) in [5.74, 6) is -0.431. The zero-order valence-electron chi connectivity index (χ0n) is 16.8. The molecule has 8 heteroatoms. The summed E-state index contributed by atoms with van der Waals surface area (Å²) in [7, 11) is 3.93. The Balaban J connectivity index is 1.38. The van der Waals surface area contributed by atoms with Crippen molar-refractivity contribution < 1.29 is 4.79 Å². The lowest BCUT2D eigenvalue weighted by molar-refractivity contribution is 0.102. The van der Waals surface area contributed by atoms with Crippen LogP contribution in [0.3, 0.4) is 0 Å². The molecule has 152 valence electrons. The summed E-state index contributed by atoms with van der Waals surface area (Å²) in [6.45, 7) is 5.50. The van der Waals surface area contributed by atoms with Gasteiger partial charge in [-0.15, -0.1) is 0 Å². The minimum Gasteiger partial charge on any atom is -0.322 e. The first-order valence-electron chi connectivity index (χ1n) is 9.86. The van der Waals surface area contributed by atoms with E-state index < -0.39 is 11.5 Å². The van der Waals surface area contributed by atoms with Crippen LogP contribution in [-0.2, 0) is 13.5 Å². The van der Waals surface area contributed by atoms with E-state index in [-0.39, 0.29) is 5.56 Å². The van der Waals surface area contributed by atoms with Gasteiger partial charge in [0.05, 0.1) is 17.2 Å². The van der Waals surface area contributed by atoms with Crippen LogP contribution in [0.1, 0.15) is 15.9 Å². The van der Waals surface area contributed by atoms with Gasteiger partial charge in [0.25, 0.3) is 11.5 Å². The van der Waals surface area contributed by atoms with Gasteiger partial charge in [-0.25, -0.2) is 0 Å². The van der Waals surface area contributed by atoms with Gasteiger partial charge in [-0.2, -0.15) is 5.10 Å². The van der Waals surface area contributed by atoms with E-state index in [1.165, 1.54) is 5.56 Å². The van der Waals surface area contributed by atoms with Crippen molar-refractivity contribution in [3.63, 3.8) is 0 Å². The molecule has 29 heavy (non-hydrogen) atoms. The minimum absolute atomic E-state index is 0.0697. The van der Waals surface area contributed by atoms with Crippen LogP contribution < -0.4 is 10.9 Å². The molecule has 3 aromatic rings. The molecule has 0 aliphatic carbocycles. The number of fused-ring (bicyclic) bond motifs is 1. The number of hydrogen-bond donors (Lipinski definition) is 2. The molecule has 0 spiro atoms. The van der Waals surface area contributed by atoms with Gasteiger partial charge in [0.15, 0.2) is 0 Å². The molecule has 1 aliphatic heterocycles. The van der Waals surface area contributed by atoms with Crippen LogP contribution >= 0.6 is 0 Å². The molecule has 0 saturated carbocycles. The Hall–Kier alpha value is -2.97. The van der Waals surface area contributed by atoms with Crippen molar-refractivity contribution in [3.05, 3.63) is 58.0 Å². The van der Waals surface area contributed by atoms with Crippen LogP contribution in [0.2, 0.25) is 0 Å². The number of carbonyl (C=O) groups excluding carboxylic acids is 1. The quantitative estimate of drug-likeness (QED) is 0.681. The van der Waals surface area contributed by atoms with Gasteiger partial charge >= 0.3 is 0 Å². The molecule has 8 nitrogen and oxygen atoms in total. The first-order valence-corrected chi connectivity index (χ1v) is 9.86. The number of likely N-dealkylation sites (N-methyl/N-ethyl adjacent to an activating group) is 1. The Bertz CT molecular complexity index is 1060. The fraction of sp³-hybridized carbons (Fsp3) is 0.381. The van der Waals surface area contributed by atoms with Crippen LogP contribution in [0.5, 0.6) is 0 Å². The highest BCUT2D eigenvalue weighted by molar-refractivity contribution is 6.05. The molecular formula is C21H26N6O2. The third-order valence-electron chi connectivity index (χ3n) is 5.53. The number of nitrogens with zero attached hydrogens (tertiary/aromatic N) is 4. The number of aryl methyl sites for hydroxylation is 1. The summed E-state index contributed by atoms with van der Waals surface area (Å²) in [6.07, 6.45) is 2.55. The van der Waals surface area contributed by atoms with Crippen molar-refractivity contribution in [2.24, 2.45) is 7.05 Å². The van der Waals surface area contributed by atoms with Crippen molar-refractivity contribution in [1.29, 1.82) is 0 Å². The number of hydrogen-bond acceptors (Lipinski definition) is 5. The van der Waals surface area contributed by atoms with Crippen molar-refractivity contribution in [2.75, 3.05) is 45.1 Å². The standard InChI is InChI=1S/C21H26N6O2/c1-25-9-11-27(12-10-25)8-7-15-3-5-16(6-4-15)23-20(28)17-13-19-18(24-21(17)29)14-22-26(19)2/h3-6,13-14H,7-12H2,1-2H3,(H,23,28)(H,24,29). The van der Waals surface area contributed by atoms with Gasteiger partial charge in [0.2, 0.25) is 0 Å². The van der Waals surface area contributed by atoms with E-state index in [9.17, 15) is 9.59 Å². The van der Waals surface area contributed by atoms with E-state index in [1.807, 2.05) is 24.3 Å². The molecule has 3 heterocycles. The fourth-order valence-electron chi connectivity index (χ4n) is 3.59. The smallest absolute Gasteiger partial charge is 0.261 e. The van der Waals surface area contributed by atoms with Crippen LogP contribution in [0.4, 0.5) is 5.69 Å². The predicted molar refractivity (Wildman–Crippen MR) is 113 cm³/mol. The lowest BCUT2D eigenvalue weighted by Crippen LogP contribution is -2.45. The molecule has 0 unspecified atom stereocenters. The highest BCUT2D eigenvalue weighted by Gasteiger charge is 2.15. The lowest BCUT2D eigenvalue weighted by Gasteiger charge is -2.32. The maximum atomic E-state index is 12.6. The first kappa shape index (κ1) is 19.4. The second-order valence-electron chi connectivity index (χ2n) is 7.63. The van der Waals surface area contributed by atoms with E-state index in [0.29, 0.717) is 16.7 Å². The molecule has 2 aromatic heterocycles. The van der Waals surface area contributed by atoms with Gasteiger partial charge in [0.1, 0.15) is 5.56 Å².